The van der Waals surface area contributed by atoms with E-state index in [1.54, 1.807) is 0 Å². The van der Waals surface area contributed by atoms with Crippen LogP contribution in [0.2, 0.25) is 0 Å². The molecule has 0 unspecified atom stereocenters. The highest BCUT2D eigenvalue weighted by Crippen LogP contribution is 2.47. The zero-order valence-corrected chi connectivity index (χ0v) is 22.0. The van der Waals surface area contributed by atoms with Gasteiger partial charge >= 0.3 is 0 Å². The molecule has 2 heterocycles. The smallest absolute Gasteiger partial charge is 0.143 e. The minimum atomic E-state index is 0.861. The Morgan fingerprint density at radius 2 is 1.17 bits per heavy atom. The molecule has 1 N–H and O–H groups in total. The lowest BCUT2D eigenvalue weighted by molar-refractivity contribution is 0.669. The fraction of sp³-hybridized carbons (Fsp3) is 0. The van der Waals surface area contributed by atoms with E-state index in [1.165, 1.54) is 10.8 Å². The predicted octanol–water partition coefficient (Wildman–Crippen LogP) is 11.2. The first kappa shape index (κ1) is 22.3. The summed E-state index contributed by atoms with van der Waals surface area (Å²) >= 11 is 0. The molecule has 3 nitrogen and oxygen atoms in total. The van der Waals surface area contributed by atoms with Crippen LogP contribution in [0.5, 0.6) is 0 Å². The second-order valence-electron chi connectivity index (χ2n) is 10.6. The second kappa shape index (κ2) is 8.48. The molecule has 0 atom stereocenters. The summed E-state index contributed by atoms with van der Waals surface area (Å²) in [7, 11) is 0. The molecular formula is C38H23NO2. The zero-order valence-electron chi connectivity index (χ0n) is 22.0. The number of rotatable bonds is 3. The molecule has 0 aliphatic rings. The van der Waals surface area contributed by atoms with Gasteiger partial charge in [-0.25, -0.2) is 0 Å². The van der Waals surface area contributed by atoms with Crippen LogP contribution in [0.4, 0.5) is 11.4 Å². The zero-order chi connectivity index (χ0) is 26.9. The molecule has 9 rings (SSSR count). The van der Waals surface area contributed by atoms with E-state index < -0.39 is 0 Å². The summed E-state index contributed by atoms with van der Waals surface area (Å²) in [4.78, 5) is 0. The summed E-state index contributed by atoms with van der Waals surface area (Å²) in [5.74, 6) is 0. The van der Waals surface area contributed by atoms with E-state index >= 15 is 0 Å². The van der Waals surface area contributed by atoms with E-state index in [1.807, 2.05) is 12.1 Å². The van der Waals surface area contributed by atoms with Gasteiger partial charge in [0, 0.05) is 43.9 Å². The average molecular weight is 526 g/mol. The lowest BCUT2D eigenvalue weighted by Gasteiger charge is -2.15. The number of fused-ring (bicyclic) bond motifs is 9. The Morgan fingerprint density at radius 3 is 2.10 bits per heavy atom. The summed E-state index contributed by atoms with van der Waals surface area (Å²) in [5.41, 5.74) is 7.78. The summed E-state index contributed by atoms with van der Waals surface area (Å²) in [5, 5.41) is 12.9. The van der Waals surface area contributed by atoms with Crippen LogP contribution in [0.3, 0.4) is 0 Å². The van der Waals surface area contributed by atoms with Crippen molar-refractivity contribution in [2.24, 2.45) is 0 Å². The lowest BCUT2D eigenvalue weighted by atomic mass is 9.93. The van der Waals surface area contributed by atoms with Gasteiger partial charge in [-0.05, 0) is 64.2 Å². The fourth-order valence-electron chi connectivity index (χ4n) is 6.39. The molecule has 0 fully saturated rings. The number of para-hydroxylation sites is 1. The van der Waals surface area contributed by atoms with Crippen molar-refractivity contribution < 1.29 is 8.83 Å². The van der Waals surface area contributed by atoms with E-state index in [4.69, 9.17) is 8.83 Å². The van der Waals surface area contributed by atoms with Crippen molar-refractivity contribution in [3.63, 3.8) is 0 Å². The summed E-state index contributed by atoms with van der Waals surface area (Å²) in [6.45, 7) is 0. The van der Waals surface area contributed by atoms with Crippen molar-refractivity contribution in [1.82, 2.24) is 0 Å². The van der Waals surface area contributed by atoms with Crippen LogP contribution in [-0.4, -0.2) is 0 Å². The van der Waals surface area contributed by atoms with Crippen LogP contribution >= 0.6 is 0 Å². The van der Waals surface area contributed by atoms with Gasteiger partial charge in [-0.1, -0.05) is 91.0 Å². The van der Waals surface area contributed by atoms with Gasteiger partial charge in [0.05, 0.1) is 0 Å². The molecule has 0 saturated heterocycles. The maximum atomic E-state index is 6.62. The third-order valence-corrected chi connectivity index (χ3v) is 8.23. The van der Waals surface area contributed by atoms with Crippen LogP contribution in [0.25, 0.3) is 76.5 Å². The molecule has 2 aromatic heterocycles. The minimum absolute atomic E-state index is 0.861. The Hall–Kier alpha value is -5.54. The molecule has 3 heteroatoms. The predicted molar refractivity (Wildman–Crippen MR) is 171 cm³/mol. The maximum Gasteiger partial charge on any atom is 0.143 e. The van der Waals surface area contributed by atoms with Crippen molar-refractivity contribution in [3.8, 4) is 11.1 Å². The summed E-state index contributed by atoms with van der Waals surface area (Å²) < 4.78 is 12.9. The van der Waals surface area contributed by atoms with Gasteiger partial charge in [0.25, 0.3) is 0 Å². The van der Waals surface area contributed by atoms with Crippen LogP contribution in [0.1, 0.15) is 0 Å². The highest BCUT2D eigenvalue weighted by Gasteiger charge is 2.21. The Balaban J connectivity index is 1.39. The number of nitrogens with one attached hydrogen (secondary N) is 1. The van der Waals surface area contributed by atoms with E-state index in [-0.39, 0.29) is 0 Å². The molecule has 192 valence electrons. The molecular weight excluding hydrogens is 502 g/mol. The minimum Gasteiger partial charge on any atom is -0.456 e. The van der Waals surface area contributed by atoms with E-state index in [9.17, 15) is 0 Å². The monoisotopic (exact) mass is 525 g/mol. The van der Waals surface area contributed by atoms with Crippen molar-refractivity contribution >= 4 is 76.8 Å². The van der Waals surface area contributed by atoms with Crippen molar-refractivity contribution in [3.05, 3.63) is 133 Å². The third-order valence-electron chi connectivity index (χ3n) is 8.23. The van der Waals surface area contributed by atoms with Gasteiger partial charge in [-0.2, -0.15) is 0 Å². The Labute approximate surface area is 235 Å². The number of anilines is 2. The van der Waals surface area contributed by atoms with Crippen LogP contribution in [-0.2, 0) is 0 Å². The first-order chi connectivity index (χ1) is 20.3. The van der Waals surface area contributed by atoms with E-state index in [0.717, 1.165) is 77.2 Å². The SMILES string of the molecule is c1ccc2cc(Nc3ccc4oc5c6ccccc6ccc5c4c3-c3cccc4oc5ccccc5c34)ccc2c1. The largest absolute Gasteiger partial charge is 0.456 e. The van der Waals surface area contributed by atoms with Crippen molar-refractivity contribution in [1.29, 1.82) is 0 Å². The molecule has 0 bridgehead atoms. The molecule has 7 aromatic carbocycles. The number of hydrogen-bond acceptors (Lipinski definition) is 3. The highest BCUT2D eigenvalue weighted by molar-refractivity contribution is 6.24. The highest BCUT2D eigenvalue weighted by atomic mass is 16.3. The van der Waals surface area contributed by atoms with Crippen molar-refractivity contribution in [2.75, 3.05) is 5.32 Å². The quantitative estimate of drug-likeness (QED) is 0.249. The molecule has 0 amide bonds. The Bertz CT molecular complexity index is 2460. The summed E-state index contributed by atoms with van der Waals surface area (Å²) in [6, 6.07) is 46.6. The molecule has 41 heavy (non-hydrogen) atoms. The van der Waals surface area contributed by atoms with E-state index in [2.05, 4.69) is 127 Å². The van der Waals surface area contributed by atoms with Crippen LogP contribution in [0, 0.1) is 0 Å². The maximum absolute atomic E-state index is 6.62. The first-order valence-electron chi connectivity index (χ1n) is 13.9. The van der Waals surface area contributed by atoms with E-state index in [0.29, 0.717) is 0 Å². The Kier molecular flexibility index (Phi) is 4.61. The number of benzene rings is 7. The van der Waals surface area contributed by atoms with Gasteiger partial charge in [0.2, 0.25) is 0 Å². The molecule has 0 aliphatic carbocycles. The van der Waals surface area contributed by atoms with Crippen LogP contribution in [0.15, 0.2) is 142 Å². The molecule has 0 saturated carbocycles. The first-order valence-corrected chi connectivity index (χ1v) is 13.9. The third kappa shape index (κ3) is 3.33. The van der Waals surface area contributed by atoms with Gasteiger partial charge in [0.15, 0.2) is 0 Å². The van der Waals surface area contributed by atoms with Gasteiger partial charge in [0.1, 0.15) is 22.3 Å². The van der Waals surface area contributed by atoms with Crippen LogP contribution < -0.4 is 5.32 Å². The fourth-order valence-corrected chi connectivity index (χ4v) is 6.39. The van der Waals surface area contributed by atoms with Gasteiger partial charge in [-0.15, -0.1) is 0 Å². The molecule has 0 radical (unpaired) electrons. The number of hydrogen-bond donors (Lipinski definition) is 1. The number of furan rings is 2. The van der Waals surface area contributed by atoms with Gasteiger partial charge in [-0.3, -0.25) is 0 Å². The van der Waals surface area contributed by atoms with Gasteiger partial charge < -0.3 is 14.2 Å². The lowest BCUT2D eigenvalue weighted by Crippen LogP contribution is -1.95. The average Bonchev–Trinajstić information content (AvgIpc) is 3.60. The molecule has 0 aliphatic heterocycles. The summed E-state index contributed by atoms with van der Waals surface area (Å²) in [6.07, 6.45) is 0. The molecule has 9 aromatic rings. The van der Waals surface area contributed by atoms with Crippen molar-refractivity contribution in [2.45, 2.75) is 0 Å². The standard InChI is InChI=1S/C38H23NO2/c1-2-10-25-22-26(18-16-23(25)8-1)39-31-20-21-34-37(30-19-17-24-9-3-4-11-27(24)38(30)41-34)36(31)29-13-7-15-33-35(29)28-12-5-6-14-32(28)40-33/h1-22,39H. The Morgan fingerprint density at radius 1 is 0.439 bits per heavy atom. The normalized spacial score (nSPS) is 11.9. The topological polar surface area (TPSA) is 38.3 Å². The molecule has 0 spiro atoms. The second-order valence-corrected chi connectivity index (χ2v) is 10.6.